The Hall–Kier alpha value is -1.83. The standard InChI is InChI=1S/C12H12Cl2N4O3/c13-10-2-1-3-11(12(10)14)15-5-9(19)7-17-6-8(4-16-17)18(20)21/h1-4,6,9,15,19H,5,7H2. The predicted octanol–water partition coefficient (Wildman–Crippen LogP) is 2.57. The van der Waals surface area contributed by atoms with E-state index in [2.05, 4.69) is 10.4 Å². The third-order valence-electron chi connectivity index (χ3n) is 2.71. The van der Waals surface area contributed by atoms with Crippen LogP contribution in [0.3, 0.4) is 0 Å². The van der Waals surface area contributed by atoms with Gasteiger partial charge in [0, 0.05) is 6.54 Å². The number of benzene rings is 1. The molecule has 1 unspecified atom stereocenters. The van der Waals surface area contributed by atoms with Crippen LogP contribution in [0.4, 0.5) is 11.4 Å². The predicted molar refractivity (Wildman–Crippen MR) is 79.8 cm³/mol. The van der Waals surface area contributed by atoms with Crippen molar-refractivity contribution >= 4 is 34.6 Å². The second kappa shape index (κ2) is 6.75. The van der Waals surface area contributed by atoms with Gasteiger partial charge in [-0.3, -0.25) is 14.8 Å². The molecule has 1 aromatic carbocycles. The molecule has 7 nitrogen and oxygen atoms in total. The molecule has 0 aliphatic heterocycles. The lowest BCUT2D eigenvalue weighted by atomic mass is 10.3. The molecule has 1 aromatic heterocycles. The minimum atomic E-state index is -0.792. The van der Waals surface area contributed by atoms with Crippen LogP contribution in [0, 0.1) is 10.1 Å². The van der Waals surface area contributed by atoms with E-state index in [1.165, 1.54) is 10.9 Å². The van der Waals surface area contributed by atoms with Crippen LogP contribution in [-0.2, 0) is 6.54 Å². The Balaban J connectivity index is 1.91. The minimum Gasteiger partial charge on any atom is -0.389 e. The molecule has 0 saturated carbocycles. The van der Waals surface area contributed by atoms with Gasteiger partial charge in [-0.05, 0) is 12.1 Å². The maximum absolute atomic E-state index is 10.5. The van der Waals surface area contributed by atoms with Crippen molar-refractivity contribution < 1.29 is 10.0 Å². The van der Waals surface area contributed by atoms with Crippen LogP contribution in [-0.4, -0.2) is 32.5 Å². The first-order chi connectivity index (χ1) is 9.97. The number of rotatable bonds is 6. The smallest absolute Gasteiger partial charge is 0.306 e. The largest absolute Gasteiger partial charge is 0.389 e. The number of aliphatic hydroxyl groups excluding tert-OH is 1. The van der Waals surface area contributed by atoms with Crippen molar-refractivity contribution in [3.8, 4) is 0 Å². The molecule has 1 atom stereocenters. The number of nitrogens with one attached hydrogen (secondary N) is 1. The first-order valence-corrected chi connectivity index (χ1v) is 6.75. The Labute approximate surface area is 130 Å². The van der Waals surface area contributed by atoms with Crippen molar-refractivity contribution in [2.24, 2.45) is 0 Å². The highest BCUT2D eigenvalue weighted by molar-refractivity contribution is 6.43. The van der Waals surface area contributed by atoms with Crippen molar-refractivity contribution in [2.75, 3.05) is 11.9 Å². The molecule has 0 aliphatic rings. The second-order valence-corrected chi connectivity index (χ2v) is 5.10. The van der Waals surface area contributed by atoms with Gasteiger partial charge in [0.1, 0.15) is 12.4 Å². The molecular weight excluding hydrogens is 319 g/mol. The maximum Gasteiger partial charge on any atom is 0.306 e. The molecule has 0 aliphatic carbocycles. The van der Waals surface area contributed by atoms with Crippen LogP contribution in [0.5, 0.6) is 0 Å². The summed E-state index contributed by atoms with van der Waals surface area (Å²) in [6.07, 6.45) is 1.60. The highest BCUT2D eigenvalue weighted by Gasteiger charge is 2.12. The third-order valence-corrected chi connectivity index (χ3v) is 3.53. The van der Waals surface area contributed by atoms with E-state index in [0.717, 1.165) is 6.20 Å². The van der Waals surface area contributed by atoms with Crippen LogP contribution in [0.25, 0.3) is 0 Å². The number of hydrogen-bond acceptors (Lipinski definition) is 5. The number of halogens is 2. The van der Waals surface area contributed by atoms with Gasteiger partial charge in [0.05, 0.1) is 33.3 Å². The highest BCUT2D eigenvalue weighted by Crippen LogP contribution is 2.29. The maximum atomic E-state index is 10.5. The number of hydrogen-bond donors (Lipinski definition) is 2. The van der Waals surface area contributed by atoms with E-state index in [9.17, 15) is 15.2 Å². The summed E-state index contributed by atoms with van der Waals surface area (Å²) >= 11 is 11.9. The third kappa shape index (κ3) is 4.07. The molecule has 112 valence electrons. The summed E-state index contributed by atoms with van der Waals surface area (Å²) in [6, 6.07) is 5.13. The van der Waals surface area contributed by atoms with E-state index in [-0.39, 0.29) is 18.8 Å². The summed E-state index contributed by atoms with van der Waals surface area (Å²) in [5.74, 6) is 0. The normalized spacial score (nSPS) is 12.1. The quantitative estimate of drug-likeness (QED) is 0.627. The molecule has 1 heterocycles. The highest BCUT2D eigenvalue weighted by atomic mass is 35.5. The van der Waals surface area contributed by atoms with Crippen LogP contribution >= 0.6 is 23.2 Å². The van der Waals surface area contributed by atoms with E-state index >= 15 is 0 Å². The average Bonchev–Trinajstić information content (AvgIpc) is 2.89. The van der Waals surface area contributed by atoms with Gasteiger partial charge in [0.15, 0.2) is 0 Å². The Morgan fingerprint density at radius 3 is 2.90 bits per heavy atom. The van der Waals surface area contributed by atoms with E-state index in [1.807, 2.05) is 0 Å². The summed E-state index contributed by atoms with van der Waals surface area (Å²) in [4.78, 5) is 9.99. The lowest BCUT2D eigenvalue weighted by Crippen LogP contribution is -2.25. The van der Waals surface area contributed by atoms with Gasteiger partial charge in [-0.1, -0.05) is 29.3 Å². The van der Waals surface area contributed by atoms with E-state index in [1.54, 1.807) is 18.2 Å². The van der Waals surface area contributed by atoms with Crippen LogP contribution in [0.2, 0.25) is 10.0 Å². The molecule has 2 rings (SSSR count). The number of aliphatic hydroxyl groups is 1. The molecule has 2 aromatic rings. The monoisotopic (exact) mass is 330 g/mol. The first-order valence-electron chi connectivity index (χ1n) is 6.00. The summed E-state index contributed by atoms with van der Waals surface area (Å²) in [5.41, 5.74) is 0.489. The van der Waals surface area contributed by atoms with Gasteiger partial charge < -0.3 is 10.4 Å². The van der Waals surface area contributed by atoms with Crippen molar-refractivity contribution in [3.63, 3.8) is 0 Å². The van der Waals surface area contributed by atoms with Gasteiger partial charge in [0.25, 0.3) is 0 Å². The van der Waals surface area contributed by atoms with Crippen molar-refractivity contribution in [1.29, 1.82) is 0 Å². The van der Waals surface area contributed by atoms with Crippen LogP contribution < -0.4 is 5.32 Å². The fraction of sp³-hybridized carbons (Fsp3) is 0.250. The molecule has 2 N–H and O–H groups in total. The van der Waals surface area contributed by atoms with Crippen molar-refractivity contribution in [2.45, 2.75) is 12.6 Å². The fourth-order valence-electron chi connectivity index (χ4n) is 1.70. The zero-order valence-corrected chi connectivity index (χ0v) is 12.3. The zero-order chi connectivity index (χ0) is 15.4. The SMILES string of the molecule is O=[N+]([O-])c1cnn(CC(O)CNc2cccc(Cl)c2Cl)c1. The summed E-state index contributed by atoms with van der Waals surface area (Å²) < 4.78 is 1.31. The molecule has 0 spiro atoms. The lowest BCUT2D eigenvalue weighted by molar-refractivity contribution is -0.385. The van der Waals surface area contributed by atoms with E-state index < -0.39 is 11.0 Å². The number of nitro groups is 1. The van der Waals surface area contributed by atoms with Crippen molar-refractivity contribution in [1.82, 2.24) is 9.78 Å². The minimum absolute atomic E-state index is 0.118. The lowest BCUT2D eigenvalue weighted by Gasteiger charge is -2.14. The Morgan fingerprint density at radius 2 is 2.24 bits per heavy atom. The average molecular weight is 331 g/mol. The molecule has 0 fully saturated rings. The fourth-order valence-corrected chi connectivity index (χ4v) is 2.06. The topological polar surface area (TPSA) is 93.2 Å². The number of nitrogens with zero attached hydrogens (tertiary/aromatic N) is 3. The van der Waals surface area contributed by atoms with Crippen molar-refractivity contribution in [3.05, 3.63) is 50.8 Å². The summed E-state index contributed by atoms with van der Waals surface area (Å²) in [6.45, 7) is 0.326. The Morgan fingerprint density at radius 1 is 1.48 bits per heavy atom. The first kappa shape index (κ1) is 15.6. The molecular formula is C12H12Cl2N4O3. The number of anilines is 1. The van der Waals surface area contributed by atoms with Gasteiger partial charge in [0.2, 0.25) is 0 Å². The van der Waals surface area contributed by atoms with E-state index in [0.29, 0.717) is 15.7 Å². The van der Waals surface area contributed by atoms with Gasteiger partial charge in [-0.2, -0.15) is 5.10 Å². The van der Waals surface area contributed by atoms with E-state index in [4.69, 9.17) is 23.2 Å². The molecule has 0 radical (unpaired) electrons. The second-order valence-electron chi connectivity index (χ2n) is 4.31. The molecule has 9 heteroatoms. The van der Waals surface area contributed by atoms with Gasteiger partial charge >= 0.3 is 5.69 Å². The number of aromatic nitrogens is 2. The molecule has 0 saturated heterocycles. The Kier molecular flexibility index (Phi) is 5.00. The van der Waals surface area contributed by atoms with Crippen LogP contribution in [0.1, 0.15) is 0 Å². The van der Waals surface area contributed by atoms with Crippen LogP contribution in [0.15, 0.2) is 30.6 Å². The summed E-state index contributed by atoms with van der Waals surface area (Å²) in [7, 11) is 0. The molecule has 0 bridgehead atoms. The molecule has 0 amide bonds. The van der Waals surface area contributed by atoms with Gasteiger partial charge in [-0.25, -0.2) is 0 Å². The Bertz CT molecular complexity index is 647. The zero-order valence-electron chi connectivity index (χ0n) is 10.7. The summed E-state index contributed by atoms with van der Waals surface area (Å²) in [5, 5.41) is 28.0. The van der Waals surface area contributed by atoms with Gasteiger partial charge in [-0.15, -0.1) is 0 Å². The molecule has 21 heavy (non-hydrogen) atoms.